The second-order valence-corrected chi connectivity index (χ2v) is 8.40. The zero-order valence-electron chi connectivity index (χ0n) is 18.0. The van der Waals surface area contributed by atoms with Crippen LogP contribution in [0.4, 0.5) is 0 Å². The van der Waals surface area contributed by atoms with E-state index in [4.69, 9.17) is 4.74 Å². The molecule has 4 rings (SSSR count). The number of likely N-dealkylation sites (tertiary alicyclic amines) is 1. The van der Waals surface area contributed by atoms with Gasteiger partial charge in [0.15, 0.2) is 0 Å². The Morgan fingerprint density at radius 3 is 2.84 bits per heavy atom. The topological polar surface area (TPSA) is 111 Å². The molecule has 1 spiro atoms. The van der Waals surface area contributed by atoms with Gasteiger partial charge in [0.2, 0.25) is 5.82 Å². The number of hydrogen-bond donors (Lipinski definition) is 1. The number of rotatable bonds is 5. The van der Waals surface area contributed by atoms with E-state index < -0.39 is 0 Å². The summed E-state index contributed by atoms with van der Waals surface area (Å²) in [5.41, 5.74) is -0.104. The lowest BCUT2D eigenvalue weighted by Gasteiger charge is -2.27. The third kappa shape index (κ3) is 4.12. The standard InChI is InChI=1S/C21H28N6O4/c1-25-10-3-4-15(19(25)29)20(30)26-11-7-21(14-26)6-5-16-23-24-17(27(16)12-8-21)18(28)22-9-13-31-2/h3-4,10H,5-9,11-14H2,1-2H3,(H,22,28). The molecular weight excluding hydrogens is 400 g/mol. The van der Waals surface area contributed by atoms with Gasteiger partial charge in [0.25, 0.3) is 17.4 Å². The highest BCUT2D eigenvalue weighted by atomic mass is 16.5. The Morgan fingerprint density at radius 2 is 2.03 bits per heavy atom. The number of nitrogens with zero attached hydrogens (tertiary/aromatic N) is 5. The van der Waals surface area contributed by atoms with Crippen molar-refractivity contribution < 1.29 is 14.3 Å². The molecule has 10 heteroatoms. The van der Waals surface area contributed by atoms with Crippen LogP contribution in [0.25, 0.3) is 0 Å². The largest absolute Gasteiger partial charge is 0.383 e. The van der Waals surface area contributed by atoms with Crippen LogP contribution in [0.2, 0.25) is 0 Å². The van der Waals surface area contributed by atoms with E-state index >= 15 is 0 Å². The normalized spacial score (nSPS) is 20.5. The van der Waals surface area contributed by atoms with Crippen LogP contribution in [-0.4, -0.2) is 69.4 Å². The maximum atomic E-state index is 13.0. The Labute approximate surface area is 180 Å². The minimum Gasteiger partial charge on any atom is -0.383 e. The Bertz CT molecular complexity index is 1040. The Balaban J connectivity index is 1.45. The van der Waals surface area contributed by atoms with Gasteiger partial charge in [0.05, 0.1) is 6.61 Å². The number of amides is 2. The molecule has 0 radical (unpaired) electrons. The summed E-state index contributed by atoms with van der Waals surface area (Å²) in [7, 11) is 3.23. The van der Waals surface area contributed by atoms with Crippen LogP contribution in [-0.2, 0) is 24.8 Å². The van der Waals surface area contributed by atoms with Gasteiger partial charge in [-0.2, -0.15) is 0 Å². The van der Waals surface area contributed by atoms with E-state index in [2.05, 4.69) is 15.5 Å². The fourth-order valence-electron chi connectivity index (χ4n) is 4.57. The molecule has 2 aromatic rings. The molecule has 0 aromatic carbocycles. The highest BCUT2D eigenvalue weighted by Gasteiger charge is 2.42. The van der Waals surface area contributed by atoms with E-state index in [1.54, 1.807) is 37.4 Å². The van der Waals surface area contributed by atoms with Gasteiger partial charge in [-0.05, 0) is 36.8 Å². The van der Waals surface area contributed by atoms with Gasteiger partial charge in [-0.25, -0.2) is 0 Å². The summed E-state index contributed by atoms with van der Waals surface area (Å²) in [4.78, 5) is 39.6. The molecule has 1 N–H and O–H groups in total. The third-order valence-electron chi connectivity index (χ3n) is 6.45. The molecule has 4 heterocycles. The van der Waals surface area contributed by atoms with Crippen LogP contribution in [0.1, 0.15) is 46.1 Å². The second-order valence-electron chi connectivity index (χ2n) is 8.40. The molecule has 2 aromatic heterocycles. The lowest BCUT2D eigenvalue weighted by Crippen LogP contribution is -2.36. The molecule has 2 amide bonds. The molecule has 0 saturated carbocycles. The van der Waals surface area contributed by atoms with Gasteiger partial charge in [-0.3, -0.25) is 14.4 Å². The molecule has 2 aliphatic rings. The fraction of sp³-hybridized carbons (Fsp3) is 0.571. The van der Waals surface area contributed by atoms with Crippen molar-refractivity contribution in [3.63, 3.8) is 0 Å². The van der Waals surface area contributed by atoms with E-state index in [0.717, 1.165) is 25.1 Å². The molecular formula is C21H28N6O4. The molecule has 1 unspecified atom stereocenters. The summed E-state index contributed by atoms with van der Waals surface area (Å²) in [6, 6.07) is 3.32. The molecule has 31 heavy (non-hydrogen) atoms. The lowest BCUT2D eigenvalue weighted by atomic mass is 9.80. The first-order valence-electron chi connectivity index (χ1n) is 10.6. The van der Waals surface area contributed by atoms with Crippen LogP contribution in [0.5, 0.6) is 0 Å². The fourth-order valence-corrected chi connectivity index (χ4v) is 4.57. The minimum atomic E-state index is -0.273. The van der Waals surface area contributed by atoms with E-state index in [-0.39, 0.29) is 28.4 Å². The first-order valence-corrected chi connectivity index (χ1v) is 10.6. The average Bonchev–Trinajstić information content (AvgIpc) is 3.32. The smallest absolute Gasteiger partial charge is 0.289 e. The summed E-state index contributed by atoms with van der Waals surface area (Å²) >= 11 is 0. The molecule has 0 aliphatic carbocycles. The minimum absolute atomic E-state index is 0.0415. The molecule has 1 saturated heterocycles. The molecule has 10 nitrogen and oxygen atoms in total. The average molecular weight is 428 g/mol. The Hall–Kier alpha value is -3.01. The van der Waals surface area contributed by atoms with Crippen LogP contribution < -0.4 is 10.9 Å². The molecule has 0 bridgehead atoms. The van der Waals surface area contributed by atoms with Crippen molar-refractivity contribution in [1.82, 2.24) is 29.5 Å². The predicted molar refractivity (Wildman–Crippen MR) is 112 cm³/mol. The SMILES string of the molecule is COCCNC(=O)c1nnc2n1CCC1(CC2)CCN(C(=O)c2cccn(C)c2=O)C1. The first-order chi connectivity index (χ1) is 14.9. The summed E-state index contributed by atoms with van der Waals surface area (Å²) < 4.78 is 8.29. The zero-order chi connectivity index (χ0) is 22.0. The predicted octanol–water partition coefficient (Wildman–Crippen LogP) is 0.222. The first kappa shape index (κ1) is 21.2. The second kappa shape index (κ2) is 8.62. The molecule has 1 atom stereocenters. The van der Waals surface area contributed by atoms with Crippen molar-refractivity contribution in [3.05, 3.63) is 45.9 Å². The number of carbonyl (C=O) groups excluding carboxylic acids is 2. The Kier molecular flexibility index (Phi) is 5.90. The molecule has 1 fully saturated rings. The van der Waals surface area contributed by atoms with Crippen molar-refractivity contribution >= 4 is 11.8 Å². The number of ether oxygens (including phenoxy) is 1. The lowest BCUT2D eigenvalue weighted by molar-refractivity contribution is 0.0764. The van der Waals surface area contributed by atoms with Crippen molar-refractivity contribution in [3.8, 4) is 0 Å². The number of fused-ring (bicyclic) bond motifs is 1. The zero-order valence-corrected chi connectivity index (χ0v) is 18.0. The quantitative estimate of drug-likeness (QED) is 0.682. The van der Waals surface area contributed by atoms with Gasteiger partial charge in [-0.1, -0.05) is 0 Å². The summed E-state index contributed by atoms with van der Waals surface area (Å²) in [5, 5.41) is 11.1. The molecule has 2 aliphatic heterocycles. The maximum Gasteiger partial charge on any atom is 0.289 e. The van der Waals surface area contributed by atoms with Gasteiger partial charge < -0.3 is 24.1 Å². The number of hydrogen-bond acceptors (Lipinski definition) is 6. The summed E-state index contributed by atoms with van der Waals surface area (Å²) in [6.45, 7) is 2.71. The van der Waals surface area contributed by atoms with Crippen LogP contribution in [0, 0.1) is 5.41 Å². The Morgan fingerprint density at radius 1 is 1.23 bits per heavy atom. The highest BCUT2D eigenvalue weighted by Crippen LogP contribution is 2.41. The van der Waals surface area contributed by atoms with Crippen molar-refractivity contribution in [2.75, 3.05) is 33.4 Å². The van der Waals surface area contributed by atoms with Crippen LogP contribution >= 0.6 is 0 Å². The van der Waals surface area contributed by atoms with Gasteiger partial charge in [-0.15, -0.1) is 10.2 Å². The maximum absolute atomic E-state index is 13.0. The van der Waals surface area contributed by atoms with E-state index in [1.807, 2.05) is 4.57 Å². The van der Waals surface area contributed by atoms with E-state index in [1.165, 1.54) is 4.57 Å². The number of methoxy groups -OCH3 is 1. The number of pyridine rings is 1. The highest BCUT2D eigenvalue weighted by molar-refractivity contribution is 5.94. The van der Waals surface area contributed by atoms with E-state index in [0.29, 0.717) is 45.0 Å². The van der Waals surface area contributed by atoms with Gasteiger partial charge >= 0.3 is 0 Å². The summed E-state index contributed by atoms with van der Waals surface area (Å²) in [6.07, 6.45) is 4.92. The van der Waals surface area contributed by atoms with Gasteiger partial charge in [0, 0.05) is 53.0 Å². The number of nitrogens with one attached hydrogen (secondary N) is 1. The number of aromatic nitrogens is 4. The third-order valence-corrected chi connectivity index (χ3v) is 6.45. The van der Waals surface area contributed by atoms with Crippen molar-refractivity contribution in [2.45, 2.75) is 32.2 Å². The summed E-state index contributed by atoms with van der Waals surface area (Å²) in [5.74, 6) is 0.659. The number of carbonyl (C=O) groups is 2. The van der Waals surface area contributed by atoms with Gasteiger partial charge in [0.1, 0.15) is 11.4 Å². The number of aryl methyl sites for hydroxylation is 2. The van der Waals surface area contributed by atoms with E-state index in [9.17, 15) is 14.4 Å². The monoisotopic (exact) mass is 428 g/mol. The molecule has 166 valence electrons. The van der Waals surface area contributed by atoms with Crippen LogP contribution in [0.15, 0.2) is 23.1 Å². The van der Waals surface area contributed by atoms with Crippen molar-refractivity contribution in [2.24, 2.45) is 12.5 Å². The van der Waals surface area contributed by atoms with Crippen molar-refractivity contribution in [1.29, 1.82) is 0 Å². The van der Waals surface area contributed by atoms with Crippen LogP contribution in [0.3, 0.4) is 0 Å².